The first-order chi connectivity index (χ1) is 11.2. The normalized spacial score (nSPS) is 17.3. The summed E-state index contributed by atoms with van der Waals surface area (Å²) in [6, 6.07) is 9.71. The number of carbonyl (C=O) groups is 1. The van der Waals surface area contributed by atoms with E-state index in [4.69, 9.17) is 17.0 Å². The molecule has 5 heteroatoms. The summed E-state index contributed by atoms with van der Waals surface area (Å²) >= 11 is 5.39. The van der Waals surface area contributed by atoms with Crippen LogP contribution in [0, 0.1) is 0 Å². The van der Waals surface area contributed by atoms with Crippen LogP contribution < -0.4 is 5.32 Å². The summed E-state index contributed by atoms with van der Waals surface area (Å²) in [6.45, 7) is 4.49. The lowest BCUT2D eigenvalue weighted by Crippen LogP contribution is -2.45. The first-order valence-electron chi connectivity index (χ1n) is 8.13. The average molecular weight is 332 g/mol. The van der Waals surface area contributed by atoms with Gasteiger partial charge in [0.15, 0.2) is 5.11 Å². The Bertz CT molecular complexity index is 539. The van der Waals surface area contributed by atoms with Crippen molar-refractivity contribution in [3.05, 3.63) is 42.0 Å². The second kappa shape index (κ2) is 9.43. The molecule has 1 aliphatic heterocycles. The maximum absolute atomic E-state index is 12.0. The lowest BCUT2D eigenvalue weighted by Gasteiger charge is -2.27. The Morgan fingerprint density at radius 2 is 2.22 bits per heavy atom. The Balaban J connectivity index is 1.86. The van der Waals surface area contributed by atoms with E-state index in [0.29, 0.717) is 5.11 Å². The first-order valence-corrected chi connectivity index (χ1v) is 8.54. The highest BCUT2D eigenvalue weighted by atomic mass is 32.1. The van der Waals surface area contributed by atoms with Crippen molar-refractivity contribution in [3.8, 4) is 0 Å². The molecule has 1 N–H and O–H groups in total. The van der Waals surface area contributed by atoms with Gasteiger partial charge in [-0.05, 0) is 43.1 Å². The van der Waals surface area contributed by atoms with E-state index >= 15 is 0 Å². The molecule has 0 aromatic heterocycles. The minimum absolute atomic E-state index is 0.202. The number of carbonyl (C=O) groups excluding carboxylic acids is 1. The van der Waals surface area contributed by atoms with E-state index in [9.17, 15) is 4.79 Å². The molecule has 0 bridgehead atoms. The third-order valence-corrected chi connectivity index (χ3v) is 4.05. The molecule has 1 fully saturated rings. The zero-order valence-electron chi connectivity index (χ0n) is 13.5. The lowest BCUT2D eigenvalue weighted by molar-refractivity contribution is -0.115. The molecule has 0 spiro atoms. The molecule has 1 atom stereocenters. The summed E-state index contributed by atoms with van der Waals surface area (Å²) in [5, 5.41) is 3.26. The van der Waals surface area contributed by atoms with Crippen molar-refractivity contribution in [2.75, 3.05) is 19.7 Å². The van der Waals surface area contributed by atoms with Crippen molar-refractivity contribution in [1.82, 2.24) is 10.2 Å². The molecule has 0 saturated carbocycles. The Morgan fingerprint density at radius 3 is 2.87 bits per heavy atom. The quantitative estimate of drug-likeness (QED) is 0.642. The highest BCUT2D eigenvalue weighted by Gasteiger charge is 2.20. The van der Waals surface area contributed by atoms with Crippen LogP contribution >= 0.6 is 12.2 Å². The summed E-state index contributed by atoms with van der Waals surface area (Å²) in [4.78, 5) is 14.1. The van der Waals surface area contributed by atoms with Crippen LogP contribution in [0.4, 0.5) is 0 Å². The van der Waals surface area contributed by atoms with Gasteiger partial charge in [-0.1, -0.05) is 37.3 Å². The smallest absolute Gasteiger partial charge is 0.250 e. The number of rotatable bonds is 6. The molecule has 1 amide bonds. The molecule has 1 saturated heterocycles. The van der Waals surface area contributed by atoms with Crippen molar-refractivity contribution in [2.24, 2.45) is 0 Å². The van der Waals surface area contributed by atoms with Gasteiger partial charge in [0.25, 0.3) is 0 Å². The lowest BCUT2D eigenvalue weighted by atomic mass is 10.2. The van der Waals surface area contributed by atoms with E-state index in [1.54, 1.807) is 6.08 Å². The highest BCUT2D eigenvalue weighted by molar-refractivity contribution is 7.80. The SMILES string of the molecule is CCCN(CC1CCCO1)C(=S)NC(=O)/C=C/c1ccccc1. The number of amides is 1. The Morgan fingerprint density at radius 1 is 1.43 bits per heavy atom. The molecule has 1 aromatic rings. The van der Waals surface area contributed by atoms with E-state index in [2.05, 4.69) is 12.2 Å². The number of nitrogens with zero attached hydrogens (tertiary/aromatic N) is 1. The summed E-state index contributed by atoms with van der Waals surface area (Å²) in [6.07, 6.45) is 6.65. The van der Waals surface area contributed by atoms with Gasteiger partial charge in [-0.3, -0.25) is 10.1 Å². The van der Waals surface area contributed by atoms with E-state index in [1.165, 1.54) is 6.08 Å². The number of ether oxygens (including phenoxy) is 1. The summed E-state index contributed by atoms with van der Waals surface area (Å²) < 4.78 is 5.66. The van der Waals surface area contributed by atoms with Gasteiger partial charge in [0.05, 0.1) is 6.10 Å². The van der Waals surface area contributed by atoms with Gasteiger partial charge >= 0.3 is 0 Å². The topological polar surface area (TPSA) is 41.6 Å². The fraction of sp³-hybridized carbons (Fsp3) is 0.444. The van der Waals surface area contributed by atoms with E-state index in [0.717, 1.165) is 44.5 Å². The van der Waals surface area contributed by atoms with Crippen LogP contribution in [0.5, 0.6) is 0 Å². The number of hydrogen-bond acceptors (Lipinski definition) is 3. The molecule has 23 heavy (non-hydrogen) atoms. The van der Waals surface area contributed by atoms with Gasteiger partial charge in [-0.2, -0.15) is 0 Å². The number of hydrogen-bond donors (Lipinski definition) is 1. The zero-order valence-corrected chi connectivity index (χ0v) is 14.3. The van der Waals surface area contributed by atoms with Crippen molar-refractivity contribution in [2.45, 2.75) is 32.3 Å². The van der Waals surface area contributed by atoms with Crippen molar-refractivity contribution in [3.63, 3.8) is 0 Å². The third-order valence-electron chi connectivity index (χ3n) is 3.69. The van der Waals surface area contributed by atoms with Crippen molar-refractivity contribution >= 4 is 29.3 Å². The summed E-state index contributed by atoms with van der Waals surface area (Å²) in [5.74, 6) is -0.202. The van der Waals surface area contributed by atoms with Crippen LogP contribution in [0.3, 0.4) is 0 Å². The molecule has 4 nitrogen and oxygen atoms in total. The largest absolute Gasteiger partial charge is 0.376 e. The van der Waals surface area contributed by atoms with Crippen molar-refractivity contribution < 1.29 is 9.53 Å². The highest BCUT2D eigenvalue weighted by Crippen LogP contribution is 2.13. The monoisotopic (exact) mass is 332 g/mol. The number of nitrogens with one attached hydrogen (secondary N) is 1. The fourth-order valence-corrected chi connectivity index (χ4v) is 2.81. The van der Waals surface area contributed by atoms with Crippen LogP contribution in [-0.2, 0) is 9.53 Å². The van der Waals surface area contributed by atoms with E-state index < -0.39 is 0 Å². The van der Waals surface area contributed by atoms with Crippen LogP contribution in [0.1, 0.15) is 31.7 Å². The standard InChI is InChI=1S/C18H24N2O2S/c1-2-12-20(14-16-9-6-13-22-16)18(23)19-17(21)11-10-15-7-4-3-5-8-15/h3-5,7-8,10-11,16H,2,6,9,12-14H2,1H3,(H,19,21,23)/b11-10+. The van der Waals surface area contributed by atoms with Crippen LogP contribution in [-0.4, -0.2) is 41.7 Å². The Labute approximate surface area is 143 Å². The van der Waals surface area contributed by atoms with Gasteiger partial charge in [-0.15, -0.1) is 0 Å². The molecular weight excluding hydrogens is 308 g/mol. The molecular formula is C18H24N2O2S. The predicted molar refractivity (Wildman–Crippen MR) is 97.1 cm³/mol. The van der Waals surface area contributed by atoms with E-state index in [1.807, 2.05) is 35.2 Å². The second-order valence-corrected chi connectivity index (χ2v) is 6.01. The molecule has 124 valence electrons. The van der Waals surface area contributed by atoms with Gasteiger partial charge in [0, 0.05) is 25.8 Å². The molecule has 1 aromatic carbocycles. The predicted octanol–water partition coefficient (Wildman–Crippen LogP) is 2.99. The molecule has 1 heterocycles. The van der Waals surface area contributed by atoms with Gasteiger partial charge in [0.1, 0.15) is 0 Å². The van der Waals surface area contributed by atoms with Crippen LogP contribution in [0.15, 0.2) is 36.4 Å². The van der Waals surface area contributed by atoms with Crippen molar-refractivity contribution in [1.29, 1.82) is 0 Å². The van der Waals surface area contributed by atoms with Crippen LogP contribution in [0.2, 0.25) is 0 Å². The van der Waals surface area contributed by atoms with Gasteiger partial charge in [-0.25, -0.2) is 0 Å². The minimum atomic E-state index is -0.202. The second-order valence-electron chi connectivity index (χ2n) is 5.62. The van der Waals surface area contributed by atoms with E-state index in [-0.39, 0.29) is 12.0 Å². The Kier molecular flexibility index (Phi) is 7.23. The zero-order chi connectivity index (χ0) is 16.5. The molecule has 0 radical (unpaired) electrons. The third kappa shape index (κ3) is 6.12. The maximum Gasteiger partial charge on any atom is 0.250 e. The molecule has 1 unspecified atom stereocenters. The van der Waals surface area contributed by atoms with Gasteiger partial charge < -0.3 is 9.64 Å². The minimum Gasteiger partial charge on any atom is -0.376 e. The summed E-state index contributed by atoms with van der Waals surface area (Å²) in [5.41, 5.74) is 0.985. The van der Waals surface area contributed by atoms with Crippen LogP contribution in [0.25, 0.3) is 6.08 Å². The fourth-order valence-electron chi connectivity index (χ4n) is 2.54. The molecule has 0 aliphatic carbocycles. The number of benzene rings is 1. The van der Waals surface area contributed by atoms with Gasteiger partial charge in [0.2, 0.25) is 5.91 Å². The molecule has 1 aliphatic rings. The number of thiocarbonyl (C=S) groups is 1. The summed E-state index contributed by atoms with van der Waals surface area (Å²) in [7, 11) is 0. The maximum atomic E-state index is 12.0. The molecule has 2 rings (SSSR count). The Hall–Kier alpha value is -1.72. The average Bonchev–Trinajstić information content (AvgIpc) is 3.06. The first kappa shape index (κ1) is 17.6.